The fraction of sp³-hybridized carbons (Fsp3) is 0.500. The van der Waals surface area contributed by atoms with E-state index < -0.39 is 0 Å². The minimum absolute atomic E-state index is 0.177. The number of fused-ring (bicyclic) bond motifs is 4. The maximum Gasteiger partial charge on any atom is 0.230 e. The molecule has 2 bridgehead atoms. The van der Waals surface area contributed by atoms with Gasteiger partial charge in [0, 0.05) is 13.1 Å². The monoisotopic (exact) mass is 230 g/mol. The summed E-state index contributed by atoms with van der Waals surface area (Å²) in [6, 6.07) is 8.86. The van der Waals surface area contributed by atoms with Gasteiger partial charge in [0.2, 0.25) is 5.91 Å². The number of carbonyl (C=O) groups is 1. The predicted molar refractivity (Wildman–Crippen MR) is 66.9 cm³/mol. The molecule has 0 saturated carbocycles. The number of amides is 1. The summed E-state index contributed by atoms with van der Waals surface area (Å²) in [4.78, 5) is 12.3. The molecule has 2 N–H and O–H groups in total. The molecule has 1 aromatic rings. The number of benzene rings is 1. The van der Waals surface area contributed by atoms with E-state index in [0.29, 0.717) is 6.04 Å². The van der Waals surface area contributed by atoms with E-state index in [1.54, 1.807) is 7.05 Å². The fourth-order valence-electron chi connectivity index (χ4n) is 3.47. The standard InChI is InChI=1S/C14H18N2O/c1-15-13(17)14-6-7-16-11(9-14)8-10-4-2-3-5-12(10)14/h2-5,11,16H,6-9H2,1H3,(H,15,17). The first-order valence-electron chi connectivity index (χ1n) is 6.30. The number of hydrogen-bond acceptors (Lipinski definition) is 2. The smallest absolute Gasteiger partial charge is 0.230 e. The van der Waals surface area contributed by atoms with Crippen molar-refractivity contribution in [2.75, 3.05) is 13.6 Å². The Kier molecular flexibility index (Phi) is 2.44. The molecule has 1 aromatic carbocycles. The van der Waals surface area contributed by atoms with Gasteiger partial charge in [-0.1, -0.05) is 24.3 Å². The Hall–Kier alpha value is -1.35. The zero-order valence-electron chi connectivity index (χ0n) is 10.1. The van der Waals surface area contributed by atoms with Gasteiger partial charge in [-0.3, -0.25) is 4.79 Å². The van der Waals surface area contributed by atoms with Gasteiger partial charge in [0.1, 0.15) is 0 Å². The van der Waals surface area contributed by atoms with Crippen LogP contribution in [-0.4, -0.2) is 25.5 Å². The molecule has 1 aliphatic heterocycles. The Morgan fingerprint density at radius 2 is 2.29 bits per heavy atom. The molecule has 0 spiro atoms. The van der Waals surface area contributed by atoms with Gasteiger partial charge < -0.3 is 10.6 Å². The molecule has 2 aliphatic rings. The molecule has 3 heteroatoms. The van der Waals surface area contributed by atoms with Crippen LogP contribution in [-0.2, 0) is 16.6 Å². The highest BCUT2D eigenvalue weighted by molar-refractivity contribution is 5.89. The molecule has 1 saturated heterocycles. The topological polar surface area (TPSA) is 41.1 Å². The minimum Gasteiger partial charge on any atom is -0.358 e. The van der Waals surface area contributed by atoms with Crippen LogP contribution >= 0.6 is 0 Å². The quantitative estimate of drug-likeness (QED) is 0.755. The van der Waals surface area contributed by atoms with Crippen molar-refractivity contribution in [3.63, 3.8) is 0 Å². The molecule has 1 heterocycles. The molecule has 2 unspecified atom stereocenters. The van der Waals surface area contributed by atoms with Crippen molar-refractivity contribution in [3.05, 3.63) is 35.4 Å². The lowest BCUT2D eigenvalue weighted by Gasteiger charge is -2.45. The minimum atomic E-state index is -0.292. The van der Waals surface area contributed by atoms with Crippen LogP contribution in [0, 0.1) is 0 Å². The third kappa shape index (κ3) is 1.49. The third-order valence-corrected chi connectivity index (χ3v) is 4.24. The Morgan fingerprint density at radius 3 is 3.12 bits per heavy atom. The SMILES string of the molecule is CNC(=O)C12CCNC(Cc3ccccc31)C2. The molecule has 90 valence electrons. The molecule has 2 atom stereocenters. The van der Waals surface area contributed by atoms with Crippen molar-refractivity contribution in [1.29, 1.82) is 0 Å². The molecule has 1 aliphatic carbocycles. The second-order valence-electron chi connectivity index (χ2n) is 5.13. The van der Waals surface area contributed by atoms with Gasteiger partial charge >= 0.3 is 0 Å². The van der Waals surface area contributed by atoms with Gasteiger partial charge in [-0.15, -0.1) is 0 Å². The Balaban J connectivity index is 2.15. The van der Waals surface area contributed by atoms with Gasteiger partial charge in [-0.05, 0) is 36.9 Å². The van der Waals surface area contributed by atoms with Crippen LogP contribution in [0.2, 0.25) is 0 Å². The molecular weight excluding hydrogens is 212 g/mol. The maximum absolute atomic E-state index is 12.3. The van der Waals surface area contributed by atoms with E-state index in [1.165, 1.54) is 11.1 Å². The molecule has 1 fully saturated rings. The van der Waals surface area contributed by atoms with Crippen molar-refractivity contribution in [1.82, 2.24) is 10.6 Å². The summed E-state index contributed by atoms with van der Waals surface area (Å²) >= 11 is 0. The maximum atomic E-state index is 12.3. The molecular formula is C14H18N2O. The lowest BCUT2D eigenvalue weighted by Crippen LogP contribution is -2.57. The molecule has 3 rings (SSSR count). The number of hydrogen-bond donors (Lipinski definition) is 2. The van der Waals surface area contributed by atoms with Crippen molar-refractivity contribution in [2.45, 2.75) is 30.7 Å². The van der Waals surface area contributed by atoms with Crippen LogP contribution in [0.25, 0.3) is 0 Å². The Morgan fingerprint density at radius 1 is 1.47 bits per heavy atom. The summed E-state index contributed by atoms with van der Waals surface area (Å²) in [6.07, 6.45) is 2.89. The highest BCUT2D eigenvalue weighted by atomic mass is 16.2. The summed E-state index contributed by atoms with van der Waals surface area (Å²) in [7, 11) is 1.74. The van der Waals surface area contributed by atoms with Crippen molar-refractivity contribution < 1.29 is 4.79 Å². The van der Waals surface area contributed by atoms with E-state index in [9.17, 15) is 4.79 Å². The number of rotatable bonds is 1. The van der Waals surface area contributed by atoms with Crippen LogP contribution in [0.4, 0.5) is 0 Å². The van der Waals surface area contributed by atoms with Crippen LogP contribution in [0.5, 0.6) is 0 Å². The molecule has 0 radical (unpaired) electrons. The number of nitrogens with one attached hydrogen (secondary N) is 2. The van der Waals surface area contributed by atoms with Crippen LogP contribution in [0.1, 0.15) is 24.0 Å². The van der Waals surface area contributed by atoms with E-state index in [4.69, 9.17) is 0 Å². The normalized spacial score (nSPS) is 30.5. The fourth-order valence-corrected chi connectivity index (χ4v) is 3.47. The predicted octanol–water partition coefficient (Wildman–Crippen LogP) is 0.978. The summed E-state index contributed by atoms with van der Waals surface area (Å²) < 4.78 is 0. The van der Waals surface area contributed by atoms with Crippen molar-refractivity contribution in [2.24, 2.45) is 0 Å². The summed E-state index contributed by atoms with van der Waals surface area (Å²) in [5, 5.41) is 6.37. The Labute approximate surface area is 102 Å². The van der Waals surface area contributed by atoms with Crippen molar-refractivity contribution in [3.8, 4) is 0 Å². The number of piperidine rings is 1. The van der Waals surface area contributed by atoms with E-state index in [1.807, 2.05) is 6.07 Å². The van der Waals surface area contributed by atoms with Crippen LogP contribution in [0.15, 0.2) is 24.3 Å². The largest absolute Gasteiger partial charge is 0.358 e. The van der Waals surface area contributed by atoms with E-state index in [-0.39, 0.29) is 11.3 Å². The molecule has 3 nitrogen and oxygen atoms in total. The van der Waals surface area contributed by atoms with Gasteiger partial charge in [0.05, 0.1) is 5.41 Å². The summed E-state index contributed by atoms with van der Waals surface area (Å²) in [5.41, 5.74) is 2.29. The van der Waals surface area contributed by atoms with E-state index >= 15 is 0 Å². The highest BCUT2D eigenvalue weighted by Crippen LogP contribution is 2.42. The van der Waals surface area contributed by atoms with Gasteiger partial charge in [0.15, 0.2) is 0 Å². The second-order valence-corrected chi connectivity index (χ2v) is 5.13. The highest BCUT2D eigenvalue weighted by Gasteiger charge is 2.47. The molecule has 17 heavy (non-hydrogen) atoms. The van der Waals surface area contributed by atoms with E-state index in [0.717, 1.165) is 25.8 Å². The van der Waals surface area contributed by atoms with Gasteiger partial charge in [-0.25, -0.2) is 0 Å². The lowest BCUT2D eigenvalue weighted by molar-refractivity contribution is -0.128. The van der Waals surface area contributed by atoms with Gasteiger partial charge in [-0.2, -0.15) is 0 Å². The van der Waals surface area contributed by atoms with Gasteiger partial charge in [0.25, 0.3) is 0 Å². The summed E-state index contributed by atoms with van der Waals surface area (Å²) in [5.74, 6) is 0.177. The van der Waals surface area contributed by atoms with Crippen molar-refractivity contribution >= 4 is 5.91 Å². The first-order valence-corrected chi connectivity index (χ1v) is 6.30. The zero-order valence-corrected chi connectivity index (χ0v) is 10.1. The van der Waals surface area contributed by atoms with Crippen LogP contribution < -0.4 is 10.6 Å². The second kappa shape index (κ2) is 3.84. The first-order chi connectivity index (χ1) is 8.26. The van der Waals surface area contributed by atoms with Crippen LogP contribution in [0.3, 0.4) is 0 Å². The number of likely N-dealkylation sites (N-methyl/N-ethyl adjacent to an activating group) is 1. The van der Waals surface area contributed by atoms with E-state index in [2.05, 4.69) is 28.8 Å². The summed E-state index contributed by atoms with van der Waals surface area (Å²) in [6.45, 7) is 0.937. The first kappa shape index (κ1) is 10.8. The average molecular weight is 230 g/mol. The molecule has 0 aromatic heterocycles. The third-order valence-electron chi connectivity index (χ3n) is 4.24. The number of carbonyl (C=O) groups excluding carboxylic acids is 1. The Bertz CT molecular complexity index is 457. The molecule has 1 amide bonds. The zero-order chi connectivity index (χ0) is 11.9. The lowest BCUT2D eigenvalue weighted by atomic mass is 9.64. The average Bonchev–Trinajstić information content (AvgIpc) is 2.38.